The van der Waals surface area contributed by atoms with Crippen LogP contribution in [0.3, 0.4) is 0 Å². The minimum atomic E-state index is -0.639. The largest absolute Gasteiger partial charge is 0.308 e. The molecule has 0 bridgehead atoms. The monoisotopic (exact) mass is 286 g/mol. The van der Waals surface area contributed by atoms with Crippen LogP contribution in [0.1, 0.15) is 51.9 Å². The van der Waals surface area contributed by atoms with Crippen LogP contribution < -0.4 is 5.32 Å². The van der Waals surface area contributed by atoms with Crippen molar-refractivity contribution in [3.63, 3.8) is 0 Å². The van der Waals surface area contributed by atoms with Gasteiger partial charge in [-0.15, -0.1) is 0 Å². The fourth-order valence-electron chi connectivity index (χ4n) is 3.74. The summed E-state index contributed by atoms with van der Waals surface area (Å²) < 4.78 is 11.2. The molecule has 2 fully saturated rings. The molecule has 1 saturated carbocycles. The van der Waals surface area contributed by atoms with E-state index in [1.807, 2.05) is 6.26 Å². The summed E-state index contributed by atoms with van der Waals surface area (Å²) in [6, 6.07) is 0.679. The normalized spacial score (nSPS) is 29.5. The van der Waals surface area contributed by atoms with Gasteiger partial charge >= 0.3 is 0 Å². The molecule has 3 nitrogen and oxygen atoms in total. The van der Waals surface area contributed by atoms with E-state index in [-0.39, 0.29) is 0 Å². The van der Waals surface area contributed by atoms with Gasteiger partial charge in [0.25, 0.3) is 0 Å². The number of nitrogens with one attached hydrogen (secondary N) is 1. The highest BCUT2D eigenvalue weighted by atomic mass is 32.2. The van der Waals surface area contributed by atoms with E-state index in [4.69, 9.17) is 0 Å². The third kappa shape index (κ3) is 4.27. The number of nitrogens with zero attached hydrogens (tertiary/aromatic N) is 1. The molecule has 112 valence electrons. The first-order chi connectivity index (χ1) is 9.15. The number of rotatable bonds is 5. The van der Waals surface area contributed by atoms with Gasteiger partial charge in [0.2, 0.25) is 0 Å². The standard InChI is InChI=1S/C15H30N2OS/c1-3-14-12-16-15(8-5-4-6-9-15)13-17(14)10-7-11-19(2)18/h14,16H,3-13H2,1-2H3. The van der Waals surface area contributed by atoms with E-state index in [2.05, 4.69) is 17.1 Å². The molecule has 2 rings (SSSR count). The molecule has 0 aromatic rings. The lowest BCUT2D eigenvalue weighted by Gasteiger charge is -2.49. The molecular weight excluding hydrogens is 256 g/mol. The number of piperazine rings is 1. The summed E-state index contributed by atoms with van der Waals surface area (Å²) in [5.41, 5.74) is 0.398. The molecule has 4 heteroatoms. The predicted molar refractivity (Wildman–Crippen MR) is 83.0 cm³/mol. The quantitative estimate of drug-likeness (QED) is 0.840. The lowest BCUT2D eigenvalue weighted by molar-refractivity contribution is 0.0544. The van der Waals surface area contributed by atoms with E-state index in [0.717, 1.165) is 25.3 Å². The molecule has 0 aromatic heterocycles. The first-order valence-corrected chi connectivity index (χ1v) is 9.67. The van der Waals surface area contributed by atoms with Gasteiger partial charge in [-0.3, -0.25) is 9.11 Å². The van der Waals surface area contributed by atoms with Crippen molar-refractivity contribution in [1.82, 2.24) is 10.2 Å². The van der Waals surface area contributed by atoms with E-state index < -0.39 is 10.8 Å². The van der Waals surface area contributed by atoms with Gasteiger partial charge < -0.3 is 5.32 Å². The first-order valence-electron chi connectivity index (χ1n) is 7.94. The Morgan fingerprint density at radius 2 is 2.05 bits per heavy atom. The summed E-state index contributed by atoms with van der Waals surface area (Å²) in [6.45, 7) is 5.77. The molecule has 2 atom stereocenters. The molecule has 19 heavy (non-hydrogen) atoms. The first kappa shape index (κ1) is 15.5. The molecule has 1 saturated heterocycles. The average Bonchev–Trinajstić information content (AvgIpc) is 2.40. The van der Waals surface area contributed by atoms with Gasteiger partial charge in [0.15, 0.2) is 0 Å². The summed E-state index contributed by atoms with van der Waals surface area (Å²) in [7, 11) is -0.639. The van der Waals surface area contributed by atoms with Crippen molar-refractivity contribution in [3.8, 4) is 0 Å². The van der Waals surface area contributed by atoms with Crippen molar-refractivity contribution >= 4 is 10.8 Å². The van der Waals surface area contributed by atoms with Crippen LogP contribution in [-0.2, 0) is 10.8 Å². The minimum absolute atomic E-state index is 0.398. The molecule has 1 aliphatic heterocycles. The van der Waals surface area contributed by atoms with Gasteiger partial charge in [-0.1, -0.05) is 26.2 Å². The topological polar surface area (TPSA) is 32.3 Å². The van der Waals surface area contributed by atoms with Crippen LogP contribution in [0.2, 0.25) is 0 Å². The smallest absolute Gasteiger partial charge is 0.0309 e. The highest BCUT2D eigenvalue weighted by Crippen LogP contribution is 2.32. The Balaban J connectivity index is 1.90. The van der Waals surface area contributed by atoms with E-state index in [0.29, 0.717) is 11.6 Å². The van der Waals surface area contributed by atoms with Crippen molar-refractivity contribution in [1.29, 1.82) is 0 Å². The molecule has 1 N–H and O–H groups in total. The third-order valence-electron chi connectivity index (χ3n) is 4.89. The average molecular weight is 286 g/mol. The van der Waals surface area contributed by atoms with Crippen LogP contribution in [-0.4, -0.2) is 52.3 Å². The van der Waals surface area contributed by atoms with Crippen LogP contribution >= 0.6 is 0 Å². The summed E-state index contributed by atoms with van der Waals surface area (Å²) in [5.74, 6) is 0.855. The molecule has 2 unspecified atom stereocenters. The van der Waals surface area contributed by atoms with Crippen molar-refractivity contribution in [3.05, 3.63) is 0 Å². The van der Waals surface area contributed by atoms with Crippen LogP contribution in [0.25, 0.3) is 0 Å². The Morgan fingerprint density at radius 1 is 1.32 bits per heavy atom. The molecule has 0 aromatic carbocycles. The maximum absolute atomic E-state index is 11.2. The maximum Gasteiger partial charge on any atom is 0.0309 e. The Hall–Kier alpha value is 0.0700. The molecule has 1 spiro atoms. The molecule has 1 heterocycles. The second-order valence-corrected chi connectivity index (χ2v) is 7.94. The zero-order chi connectivity index (χ0) is 13.7. The zero-order valence-corrected chi connectivity index (χ0v) is 13.4. The van der Waals surface area contributed by atoms with Gasteiger partial charge in [-0.2, -0.15) is 0 Å². The van der Waals surface area contributed by atoms with Crippen molar-refractivity contribution in [2.45, 2.75) is 63.5 Å². The van der Waals surface area contributed by atoms with E-state index in [9.17, 15) is 4.21 Å². The number of hydrogen-bond acceptors (Lipinski definition) is 3. The second kappa shape index (κ2) is 7.19. The molecule has 0 amide bonds. The van der Waals surface area contributed by atoms with E-state index in [1.54, 1.807) is 0 Å². The van der Waals surface area contributed by atoms with E-state index >= 15 is 0 Å². The predicted octanol–water partition coefficient (Wildman–Crippen LogP) is 2.14. The van der Waals surface area contributed by atoms with Crippen molar-refractivity contribution in [2.75, 3.05) is 31.6 Å². The lowest BCUT2D eigenvalue weighted by atomic mass is 9.79. The van der Waals surface area contributed by atoms with E-state index in [1.165, 1.54) is 45.1 Å². The summed E-state index contributed by atoms with van der Waals surface area (Å²) >= 11 is 0. The highest BCUT2D eigenvalue weighted by Gasteiger charge is 2.38. The fraction of sp³-hybridized carbons (Fsp3) is 1.00. The minimum Gasteiger partial charge on any atom is -0.308 e. The maximum atomic E-state index is 11.2. The van der Waals surface area contributed by atoms with Crippen molar-refractivity contribution in [2.24, 2.45) is 0 Å². The van der Waals surface area contributed by atoms with Crippen LogP contribution in [0.4, 0.5) is 0 Å². The third-order valence-corrected chi connectivity index (χ3v) is 5.76. The van der Waals surface area contributed by atoms with Gasteiger partial charge in [-0.25, -0.2) is 0 Å². The fourth-order valence-corrected chi connectivity index (χ4v) is 4.27. The summed E-state index contributed by atoms with van der Waals surface area (Å²) in [5, 5.41) is 3.86. The summed E-state index contributed by atoms with van der Waals surface area (Å²) in [4.78, 5) is 2.68. The highest BCUT2D eigenvalue weighted by molar-refractivity contribution is 7.84. The van der Waals surface area contributed by atoms with Crippen LogP contribution in [0, 0.1) is 0 Å². The Bertz CT molecular complexity index is 303. The van der Waals surface area contributed by atoms with Gasteiger partial charge in [0, 0.05) is 47.5 Å². The summed E-state index contributed by atoms with van der Waals surface area (Å²) in [6.07, 6.45) is 11.0. The van der Waals surface area contributed by atoms with Gasteiger partial charge in [0.1, 0.15) is 0 Å². The molecule has 1 aliphatic carbocycles. The number of hydrogen-bond donors (Lipinski definition) is 1. The zero-order valence-electron chi connectivity index (χ0n) is 12.6. The Labute approximate surface area is 121 Å². The second-order valence-electron chi connectivity index (χ2n) is 6.39. The molecular formula is C15H30N2OS. The van der Waals surface area contributed by atoms with Crippen molar-refractivity contribution < 1.29 is 4.21 Å². The SMILES string of the molecule is CCC1CNC2(CCCCC2)CN1CCCS(C)=O. The lowest BCUT2D eigenvalue weighted by Crippen LogP contribution is -2.64. The van der Waals surface area contributed by atoms with Gasteiger partial charge in [-0.05, 0) is 32.2 Å². The van der Waals surface area contributed by atoms with Crippen LogP contribution in [0.5, 0.6) is 0 Å². The molecule has 2 aliphatic rings. The Morgan fingerprint density at radius 3 is 2.68 bits per heavy atom. The van der Waals surface area contributed by atoms with Crippen LogP contribution in [0.15, 0.2) is 0 Å². The Kier molecular flexibility index (Phi) is 5.85. The molecule has 0 radical (unpaired) electrons. The van der Waals surface area contributed by atoms with Gasteiger partial charge in [0.05, 0.1) is 0 Å².